The molecule has 2 N–H and O–H groups in total. The van der Waals surface area contributed by atoms with Crippen LogP contribution in [0.25, 0.3) is 0 Å². The maximum absolute atomic E-state index is 12.3. The van der Waals surface area contributed by atoms with Gasteiger partial charge in [-0.1, -0.05) is 29.3 Å². The lowest BCUT2D eigenvalue weighted by molar-refractivity contribution is -0.124. The summed E-state index contributed by atoms with van der Waals surface area (Å²) in [6.07, 6.45) is 1.72. The molecule has 0 radical (unpaired) electrons. The number of hydrogen-bond acceptors (Lipinski definition) is 5. The zero-order chi connectivity index (χ0) is 21.5. The first-order chi connectivity index (χ1) is 14.4. The molecule has 9 heteroatoms. The van der Waals surface area contributed by atoms with Crippen molar-refractivity contribution in [2.45, 2.75) is 38.5 Å². The summed E-state index contributed by atoms with van der Waals surface area (Å²) in [5.41, 5.74) is 1.11. The van der Waals surface area contributed by atoms with Gasteiger partial charge in [0.1, 0.15) is 0 Å². The number of hydrogen-bond donors (Lipinski definition) is 2. The SMILES string of the molecule is CC(=O)NC1CCN(CC(=O)NC[C@H]2CN(Cc3ccc(Cl)c(Cl)c3)CCO2)CC1. The van der Waals surface area contributed by atoms with Crippen LogP contribution in [-0.4, -0.2) is 79.6 Å². The highest BCUT2D eigenvalue weighted by Gasteiger charge is 2.23. The molecule has 2 amide bonds. The molecule has 0 aliphatic carbocycles. The highest BCUT2D eigenvalue weighted by atomic mass is 35.5. The Morgan fingerprint density at radius 3 is 2.60 bits per heavy atom. The van der Waals surface area contributed by atoms with Crippen LogP contribution in [0.3, 0.4) is 0 Å². The molecule has 166 valence electrons. The third-order valence-corrected chi connectivity index (χ3v) is 6.24. The molecule has 1 aromatic carbocycles. The molecule has 2 saturated heterocycles. The first-order valence-corrected chi connectivity index (χ1v) is 11.2. The van der Waals surface area contributed by atoms with Gasteiger partial charge in [0, 0.05) is 52.2 Å². The number of piperidine rings is 1. The summed E-state index contributed by atoms with van der Waals surface area (Å²) in [4.78, 5) is 27.9. The molecule has 2 heterocycles. The van der Waals surface area contributed by atoms with Gasteiger partial charge in [-0.2, -0.15) is 0 Å². The van der Waals surface area contributed by atoms with Crippen molar-refractivity contribution >= 4 is 35.0 Å². The second-order valence-corrected chi connectivity index (χ2v) is 8.85. The molecular weight excluding hydrogens is 427 g/mol. The minimum Gasteiger partial charge on any atom is -0.374 e. The third kappa shape index (κ3) is 7.39. The molecular formula is C21H30Cl2N4O3. The lowest BCUT2D eigenvalue weighted by atomic mass is 10.1. The second kappa shape index (κ2) is 11.3. The Morgan fingerprint density at radius 2 is 1.90 bits per heavy atom. The summed E-state index contributed by atoms with van der Waals surface area (Å²) in [6.45, 7) is 7.05. The number of carbonyl (C=O) groups is 2. The number of nitrogens with zero attached hydrogens (tertiary/aromatic N) is 2. The lowest BCUT2D eigenvalue weighted by Gasteiger charge is -2.34. The summed E-state index contributed by atoms with van der Waals surface area (Å²) in [6, 6.07) is 5.91. The average Bonchev–Trinajstić information content (AvgIpc) is 2.71. The summed E-state index contributed by atoms with van der Waals surface area (Å²) in [7, 11) is 0. The Balaban J connectivity index is 1.36. The Morgan fingerprint density at radius 1 is 1.13 bits per heavy atom. The molecule has 0 aromatic heterocycles. The molecule has 1 aromatic rings. The van der Waals surface area contributed by atoms with Gasteiger partial charge >= 0.3 is 0 Å². The molecule has 0 bridgehead atoms. The fourth-order valence-corrected chi connectivity index (χ4v) is 4.27. The molecule has 3 rings (SSSR count). The second-order valence-electron chi connectivity index (χ2n) is 8.03. The number of ether oxygens (including phenoxy) is 1. The van der Waals surface area contributed by atoms with Crippen LogP contribution in [0.2, 0.25) is 10.0 Å². The maximum atomic E-state index is 12.3. The smallest absolute Gasteiger partial charge is 0.234 e. The van der Waals surface area contributed by atoms with E-state index in [1.807, 2.05) is 18.2 Å². The molecule has 0 unspecified atom stereocenters. The third-order valence-electron chi connectivity index (χ3n) is 5.50. The van der Waals surface area contributed by atoms with Crippen LogP contribution in [0.4, 0.5) is 0 Å². The number of morpholine rings is 1. The van der Waals surface area contributed by atoms with E-state index in [1.165, 1.54) is 0 Å². The highest BCUT2D eigenvalue weighted by Crippen LogP contribution is 2.23. The van der Waals surface area contributed by atoms with Gasteiger partial charge in [-0.25, -0.2) is 0 Å². The van der Waals surface area contributed by atoms with E-state index in [1.54, 1.807) is 6.92 Å². The number of halogens is 2. The number of rotatable bonds is 7. The van der Waals surface area contributed by atoms with Crippen molar-refractivity contribution in [1.82, 2.24) is 20.4 Å². The maximum Gasteiger partial charge on any atom is 0.234 e. The Bertz CT molecular complexity index is 741. The monoisotopic (exact) mass is 456 g/mol. The van der Waals surface area contributed by atoms with Crippen molar-refractivity contribution in [3.63, 3.8) is 0 Å². The van der Waals surface area contributed by atoms with E-state index >= 15 is 0 Å². The largest absolute Gasteiger partial charge is 0.374 e. The van der Waals surface area contributed by atoms with Gasteiger partial charge in [-0.05, 0) is 30.5 Å². The van der Waals surface area contributed by atoms with Crippen molar-refractivity contribution in [1.29, 1.82) is 0 Å². The predicted octanol–water partition coefficient (Wildman–Crippen LogP) is 1.91. The van der Waals surface area contributed by atoms with Crippen LogP contribution < -0.4 is 10.6 Å². The van der Waals surface area contributed by atoms with Gasteiger partial charge < -0.3 is 15.4 Å². The van der Waals surface area contributed by atoms with Gasteiger partial charge in [0.2, 0.25) is 11.8 Å². The molecule has 2 aliphatic rings. The van der Waals surface area contributed by atoms with Crippen LogP contribution in [0.15, 0.2) is 18.2 Å². The molecule has 1 atom stereocenters. The number of amides is 2. The van der Waals surface area contributed by atoms with E-state index in [0.29, 0.717) is 29.7 Å². The number of nitrogens with one attached hydrogen (secondary N) is 2. The Hall–Kier alpha value is -1.38. The summed E-state index contributed by atoms with van der Waals surface area (Å²) in [5, 5.41) is 7.07. The molecule has 2 aliphatic heterocycles. The van der Waals surface area contributed by atoms with E-state index in [4.69, 9.17) is 27.9 Å². The number of carbonyl (C=O) groups excluding carboxylic acids is 2. The average molecular weight is 457 g/mol. The van der Waals surface area contributed by atoms with E-state index in [-0.39, 0.29) is 24.0 Å². The predicted molar refractivity (Wildman–Crippen MR) is 118 cm³/mol. The van der Waals surface area contributed by atoms with Crippen molar-refractivity contribution in [3.8, 4) is 0 Å². The normalized spacial score (nSPS) is 21.4. The van der Waals surface area contributed by atoms with Crippen LogP contribution in [0, 0.1) is 0 Å². The zero-order valence-electron chi connectivity index (χ0n) is 17.3. The van der Waals surface area contributed by atoms with E-state index in [9.17, 15) is 9.59 Å². The van der Waals surface area contributed by atoms with Crippen LogP contribution in [0.1, 0.15) is 25.3 Å². The van der Waals surface area contributed by atoms with Gasteiger partial charge in [0.15, 0.2) is 0 Å². The molecule has 2 fully saturated rings. The first-order valence-electron chi connectivity index (χ1n) is 10.4. The lowest BCUT2D eigenvalue weighted by Crippen LogP contribution is -2.50. The van der Waals surface area contributed by atoms with Gasteiger partial charge in [-0.3, -0.25) is 19.4 Å². The summed E-state index contributed by atoms with van der Waals surface area (Å²) < 4.78 is 5.82. The minimum absolute atomic E-state index is 0.00637. The van der Waals surface area contributed by atoms with E-state index in [2.05, 4.69) is 20.4 Å². The molecule has 7 nitrogen and oxygen atoms in total. The number of benzene rings is 1. The van der Waals surface area contributed by atoms with E-state index < -0.39 is 0 Å². The van der Waals surface area contributed by atoms with Crippen molar-refractivity contribution in [2.24, 2.45) is 0 Å². The van der Waals surface area contributed by atoms with Crippen molar-refractivity contribution < 1.29 is 14.3 Å². The quantitative estimate of drug-likeness (QED) is 0.655. The zero-order valence-corrected chi connectivity index (χ0v) is 18.8. The van der Waals surface area contributed by atoms with Crippen LogP contribution >= 0.6 is 23.2 Å². The fourth-order valence-electron chi connectivity index (χ4n) is 3.95. The molecule has 0 spiro atoms. The topological polar surface area (TPSA) is 73.9 Å². The van der Waals surface area contributed by atoms with E-state index in [0.717, 1.165) is 51.1 Å². The van der Waals surface area contributed by atoms with Crippen LogP contribution in [0.5, 0.6) is 0 Å². The number of likely N-dealkylation sites (tertiary alicyclic amines) is 1. The van der Waals surface area contributed by atoms with Gasteiger partial charge in [0.25, 0.3) is 0 Å². The molecule has 0 saturated carbocycles. The Kier molecular flexibility index (Phi) is 8.77. The van der Waals surface area contributed by atoms with Gasteiger partial charge in [-0.15, -0.1) is 0 Å². The summed E-state index contributed by atoms with van der Waals surface area (Å²) in [5.74, 6) is 0.0186. The van der Waals surface area contributed by atoms with Crippen molar-refractivity contribution in [3.05, 3.63) is 33.8 Å². The highest BCUT2D eigenvalue weighted by molar-refractivity contribution is 6.42. The van der Waals surface area contributed by atoms with Crippen molar-refractivity contribution in [2.75, 3.05) is 45.9 Å². The minimum atomic E-state index is -0.0315. The molecule has 30 heavy (non-hydrogen) atoms. The summed E-state index contributed by atoms with van der Waals surface area (Å²) >= 11 is 12.1. The standard InChI is InChI=1S/C21H30Cl2N4O3/c1-15(28)25-17-4-6-26(7-5-17)14-21(29)24-11-18-13-27(8-9-30-18)12-16-2-3-19(22)20(23)10-16/h2-3,10,17-18H,4-9,11-14H2,1H3,(H,24,29)(H,25,28)/t18-/m0/s1. The van der Waals surface area contributed by atoms with Crippen LogP contribution in [-0.2, 0) is 20.9 Å². The first kappa shape index (κ1) is 23.3. The fraction of sp³-hybridized carbons (Fsp3) is 0.619. The van der Waals surface area contributed by atoms with Gasteiger partial charge in [0.05, 0.1) is 29.3 Å². The Labute approximate surface area is 188 Å².